The fourth-order valence-electron chi connectivity index (χ4n) is 3.83. The van der Waals surface area contributed by atoms with Crippen LogP contribution in [0.3, 0.4) is 0 Å². The van der Waals surface area contributed by atoms with Crippen molar-refractivity contribution in [1.82, 2.24) is 0 Å². The van der Waals surface area contributed by atoms with Crippen molar-refractivity contribution < 1.29 is 12.8 Å². The first kappa shape index (κ1) is 13.1. The van der Waals surface area contributed by atoms with Gasteiger partial charge in [-0.1, -0.05) is 60.2 Å². The molecule has 0 radical (unpaired) electrons. The molecule has 1 heteroatoms. The molecule has 0 aliphatic rings. The first-order valence-corrected chi connectivity index (χ1v) is 9.69. The predicted octanol–water partition coefficient (Wildman–Crippen LogP) is 6.75. The quantitative estimate of drug-likeness (QED) is 0.344. The molecule has 4 aromatic rings. The molecule has 0 atom stereocenters. The van der Waals surface area contributed by atoms with E-state index in [1.165, 1.54) is 0 Å². The van der Waals surface area contributed by atoms with Gasteiger partial charge in [-0.2, -0.15) is 0 Å². The average Bonchev–Trinajstić information content (AvgIpc) is 2.78. The zero-order valence-corrected chi connectivity index (χ0v) is 17.0. The second kappa shape index (κ2) is 7.67. The number of nitrogens with zero attached hydrogens (tertiary/aromatic N) is 1. The minimum absolute atomic E-state index is 0.0303. The maximum atomic E-state index is 8.37. The van der Waals surface area contributed by atoms with Crippen LogP contribution in [-0.4, -0.2) is 0 Å². The van der Waals surface area contributed by atoms with E-state index in [0.29, 0.717) is 11.1 Å². The molecule has 0 bridgehead atoms. The normalized spacial score (nSPS) is 14.9. The third kappa shape index (κ3) is 3.61. The van der Waals surface area contributed by atoms with Crippen molar-refractivity contribution in [3.8, 4) is 33.5 Å². The van der Waals surface area contributed by atoms with Gasteiger partial charge in [0.25, 0.3) is 0 Å². The Hall–Kier alpha value is -3.19. The number of pyridine rings is 1. The summed E-state index contributed by atoms with van der Waals surface area (Å²) in [5.41, 5.74) is 6.00. The highest BCUT2D eigenvalue weighted by Gasteiger charge is 2.21. The van der Waals surface area contributed by atoms with Crippen LogP contribution < -0.4 is 4.57 Å². The van der Waals surface area contributed by atoms with Crippen molar-refractivity contribution in [2.45, 2.75) is 27.6 Å². The van der Waals surface area contributed by atoms with Crippen LogP contribution in [0, 0.1) is 27.6 Å². The lowest BCUT2D eigenvalue weighted by Crippen LogP contribution is -2.31. The summed E-state index contributed by atoms with van der Waals surface area (Å²) in [7, 11) is 1.88. The standard InChI is InChI=1S/C28H28N/c1-19-12-14-23(15-13-19)24-17-21(3)27(22(4)18-24)26-11-8-16-29(5)28(26)25-10-7-6-9-20(25)2/h6-18H,1-5H3/q+1/i3D3,4D3. The van der Waals surface area contributed by atoms with Crippen LogP contribution in [0.1, 0.15) is 30.5 Å². The summed E-state index contributed by atoms with van der Waals surface area (Å²) >= 11 is 0. The van der Waals surface area contributed by atoms with Gasteiger partial charge in [-0.25, -0.2) is 4.57 Å². The summed E-state index contributed by atoms with van der Waals surface area (Å²) in [6, 6.07) is 22.3. The van der Waals surface area contributed by atoms with E-state index in [2.05, 4.69) is 0 Å². The van der Waals surface area contributed by atoms with Crippen molar-refractivity contribution in [3.63, 3.8) is 0 Å². The SMILES string of the molecule is [2H]C([2H])([2H])c1cc(-c2ccc(C)cc2)cc(C([2H])([2H])[2H])c1-c1ccc[n+](C)c1-c1ccccc1C. The topological polar surface area (TPSA) is 3.88 Å². The minimum atomic E-state index is -2.52. The summed E-state index contributed by atoms with van der Waals surface area (Å²) in [6.45, 7) is -1.08. The molecule has 0 spiro atoms. The number of hydrogen-bond acceptors (Lipinski definition) is 0. The molecule has 3 aromatic carbocycles. The summed E-state index contributed by atoms with van der Waals surface area (Å²) in [6.07, 6.45) is 1.88. The molecule has 0 saturated carbocycles. The van der Waals surface area contributed by atoms with Gasteiger partial charge in [-0.3, -0.25) is 0 Å². The van der Waals surface area contributed by atoms with Gasteiger partial charge in [0.05, 0.1) is 5.56 Å². The molecule has 1 aromatic heterocycles. The number of benzene rings is 3. The molecule has 0 amide bonds. The fraction of sp³-hybridized carbons (Fsp3) is 0.179. The van der Waals surface area contributed by atoms with Crippen LogP contribution in [0.15, 0.2) is 79.0 Å². The Morgan fingerprint density at radius 3 is 2.00 bits per heavy atom. The van der Waals surface area contributed by atoms with Gasteiger partial charge in [0.2, 0.25) is 5.69 Å². The molecule has 0 fully saturated rings. The number of aryl methyl sites for hydroxylation is 5. The number of rotatable bonds is 3. The van der Waals surface area contributed by atoms with Crippen molar-refractivity contribution in [2.75, 3.05) is 0 Å². The van der Waals surface area contributed by atoms with Gasteiger partial charge in [-0.15, -0.1) is 0 Å². The van der Waals surface area contributed by atoms with E-state index in [4.69, 9.17) is 8.22 Å². The second-order valence-corrected chi connectivity index (χ2v) is 7.51. The van der Waals surface area contributed by atoms with Crippen molar-refractivity contribution in [1.29, 1.82) is 0 Å². The van der Waals surface area contributed by atoms with Crippen LogP contribution in [0.4, 0.5) is 0 Å². The maximum absolute atomic E-state index is 8.37. The molecule has 1 heterocycles. The van der Waals surface area contributed by atoms with Crippen molar-refractivity contribution in [2.24, 2.45) is 7.05 Å². The first-order valence-electron chi connectivity index (χ1n) is 12.7. The molecular formula is C28H28N+. The lowest BCUT2D eigenvalue weighted by atomic mass is 9.88. The molecular weight excluding hydrogens is 350 g/mol. The van der Waals surface area contributed by atoms with Crippen LogP contribution >= 0.6 is 0 Å². The summed E-state index contributed by atoms with van der Waals surface area (Å²) in [5, 5.41) is 0. The molecule has 0 aliphatic heterocycles. The lowest BCUT2D eigenvalue weighted by Gasteiger charge is -2.16. The zero-order chi connectivity index (χ0) is 25.5. The van der Waals surface area contributed by atoms with Gasteiger partial charge in [0.1, 0.15) is 7.05 Å². The van der Waals surface area contributed by atoms with Crippen LogP contribution in [0.25, 0.3) is 33.5 Å². The fourth-order valence-corrected chi connectivity index (χ4v) is 3.83. The Morgan fingerprint density at radius 1 is 0.690 bits per heavy atom. The first-order chi connectivity index (χ1) is 16.4. The highest BCUT2D eigenvalue weighted by Crippen LogP contribution is 2.37. The summed E-state index contributed by atoms with van der Waals surface area (Å²) in [5.74, 6) is 0. The largest absolute Gasteiger partial charge is 0.220 e. The summed E-state index contributed by atoms with van der Waals surface area (Å²) < 4.78 is 52.1. The monoisotopic (exact) mass is 384 g/mol. The molecule has 0 unspecified atom stereocenters. The third-order valence-electron chi connectivity index (χ3n) is 5.37. The van der Waals surface area contributed by atoms with Crippen molar-refractivity contribution >= 4 is 0 Å². The van der Waals surface area contributed by atoms with E-state index >= 15 is 0 Å². The van der Waals surface area contributed by atoms with E-state index in [1.807, 2.05) is 92.3 Å². The Balaban J connectivity index is 2.14. The minimum Gasteiger partial charge on any atom is -0.200 e. The Bertz CT molecular complexity index is 1350. The zero-order valence-electron chi connectivity index (χ0n) is 23.0. The van der Waals surface area contributed by atoms with E-state index < -0.39 is 13.7 Å². The maximum Gasteiger partial charge on any atom is 0.220 e. The van der Waals surface area contributed by atoms with Gasteiger partial charge < -0.3 is 0 Å². The van der Waals surface area contributed by atoms with E-state index in [1.54, 1.807) is 12.1 Å². The lowest BCUT2D eigenvalue weighted by molar-refractivity contribution is -0.660. The number of aromatic nitrogens is 1. The van der Waals surface area contributed by atoms with Gasteiger partial charge >= 0.3 is 0 Å². The highest BCUT2D eigenvalue weighted by atomic mass is 14.9. The Labute approximate surface area is 182 Å². The molecule has 1 nitrogen and oxygen atoms in total. The van der Waals surface area contributed by atoms with Crippen LogP contribution in [0.5, 0.6) is 0 Å². The molecule has 0 N–H and O–H groups in total. The predicted molar refractivity (Wildman–Crippen MR) is 123 cm³/mol. The van der Waals surface area contributed by atoms with E-state index in [0.717, 1.165) is 27.9 Å². The second-order valence-electron chi connectivity index (χ2n) is 7.51. The molecule has 4 rings (SSSR count). The molecule has 0 saturated heterocycles. The average molecular weight is 385 g/mol. The third-order valence-corrected chi connectivity index (χ3v) is 5.37. The van der Waals surface area contributed by atoms with E-state index in [9.17, 15) is 0 Å². The van der Waals surface area contributed by atoms with Crippen molar-refractivity contribution in [3.05, 3.63) is 101 Å². The van der Waals surface area contributed by atoms with Gasteiger partial charge in [-0.05, 0) is 73.1 Å². The molecule has 0 aliphatic carbocycles. The molecule has 144 valence electrons. The van der Waals surface area contributed by atoms with E-state index in [-0.39, 0.29) is 16.7 Å². The van der Waals surface area contributed by atoms with Crippen LogP contribution in [-0.2, 0) is 7.05 Å². The van der Waals surface area contributed by atoms with Gasteiger partial charge in [0.15, 0.2) is 6.20 Å². The summed E-state index contributed by atoms with van der Waals surface area (Å²) in [4.78, 5) is 0. The molecule has 29 heavy (non-hydrogen) atoms. The highest BCUT2D eigenvalue weighted by molar-refractivity contribution is 5.85. The number of hydrogen-bond donors (Lipinski definition) is 0. The smallest absolute Gasteiger partial charge is 0.200 e. The van der Waals surface area contributed by atoms with Gasteiger partial charge in [0, 0.05) is 19.9 Å². The Morgan fingerprint density at radius 2 is 1.34 bits per heavy atom. The van der Waals surface area contributed by atoms with Crippen LogP contribution in [0.2, 0.25) is 0 Å². The Kier molecular flexibility index (Phi) is 3.47.